The summed E-state index contributed by atoms with van der Waals surface area (Å²) in [6.45, 7) is 1.96. The average Bonchev–Trinajstić information content (AvgIpc) is 2.96. The van der Waals surface area contributed by atoms with E-state index in [4.69, 9.17) is 4.42 Å². The van der Waals surface area contributed by atoms with Crippen molar-refractivity contribution in [1.29, 1.82) is 0 Å². The Bertz CT molecular complexity index is 812. The van der Waals surface area contributed by atoms with Gasteiger partial charge in [-0.05, 0) is 43.3 Å². The Morgan fingerprint density at radius 2 is 1.91 bits per heavy atom. The number of carbonyl (C=O) groups excluding carboxylic acids is 1. The van der Waals surface area contributed by atoms with Crippen molar-refractivity contribution in [1.82, 2.24) is 10.2 Å². The first-order chi connectivity index (χ1) is 10.6. The molecule has 1 amide bonds. The molecule has 0 spiro atoms. The summed E-state index contributed by atoms with van der Waals surface area (Å²) in [7, 11) is 0. The van der Waals surface area contributed by atoms with Gasteiger partial charge in [-0.2, -0.15) is 0 Å². The van der Waals surface area contributed by atoms with Gasteiger partial charge in [-0.1, -0.05) is 22.8 Å². The van der Waals surface area contributed by atoms with E-state index in [1.165, 1.54) is 24.3 Å². The van der Waals surface area contributed by atoms with Gasteiger partial charge in [0, 0.05) is 11.1 Å². The monoisotopic (exact) mass is 297 g/mol. The molecule has 0 fully saturated rings. The highest BCUT2D eigenvalue weighted by Gasteiger charge is 2.12. The number of nitrogens with one attached hydrogen (secondary N) is 1. The Labute approximate surface area is 125 Å². The van der Waals surface area contributed by atoms with E-state index in [9.17, 15) is 9.18 Å². The van der Waals surface area contributed by atoms with Crippen molar-refractivity contribution >= 4 is 11.9 Å². The Hall–Kier alpha value is -3.02. The van der Waals surface area contributed by atoms with E-state index in [-0.39, 0.29) is 6.01 Å². The van der Waals surface area contributed by atoms with Gasteiger partial charge in [0.05, 0.1) is 0 Å². The number of nitrogens with zero attached hydrogens (tertiary/aromatic N) is 2. The predicted octanol–water partition coefficient (Wildman–Crippen LogP) is 3.44. The molecule has 0 aliphatic carbocycles. The molecule has 1 aromatic heterocycles. The number of hydrogen-bond donors (Lipinski definition) is 1. The summed E-state index contributed by atoms with van der Waals surface area (Å²) in [5.74, 6) is -0.534. The quantitative estimate of drug-likeness (QED) is 0.804. The lowest BCUT2D eigenvalue weighted by molar-refractivity contribution is 0.102. The van der Waals surface area contributed by atoms with Crippen LogP contribution in [0.15, 0.2) is 52.9 Å². The third kappa shape index (κ3) is 3.01. The number of aromatic nitrogens is 2. The number of benzene rings is 2. The highest BCUT2D eigenvalue weighted by Crippen LogP contribution is 2.20. The molecule has 0 aliphatic rings. The van der Waals surface area contributed by atoms with Crippen molar-refractivity contribution in [3.8, 4) is 11.5 Å². The van der Waals surface area contributed by atoms with Crippen LogP contribution in [-0.4, -0.2) is 16.1 Å². The highest BCUT2D eigenvalue weighted by atomic mass is 19.1. The number of anilines is 1. The second kappa shape index (κ2) is 5.77. The molecule has 1 N–H and O–H groups in total. The zero-order chi connectivity index (χ0) is 15.5. The summed E-state index contributed by atoms with van der Waals surface area (Å²) < 4.78 is 18.2. The summed E-state index contributed by atoms with van der Waals surface area (Å²) in [4.78, 5) is 12.0. The minimum absolute atomic E-state index is 0.00849. The first kappa shape index (κ1) is 13.9. The molecule has 0 unspecified atom stereocenters. The van der Waals surface area contributed by atoms with E-state index in [0.717, 1.165) is 11.1 Å². The number of carbonyl (C=O) groups is 1. The summed E-state index contributed by atoms with van der Waals surface area (Å²) in [6, 6.07) is 12.7. The van der Waals surface area contributed by atoms with Crippen molar-refractivity contribution in [3.05, 3.63) is 65.5 Å². The van der Waals surface area contributed by atoms with Gasteiger partial charge in [-0.15, -0.1) is 5.10 Å². The van der Waals surface area contributed by atoms with Crippen LogP contribution < -0.4 is 5.32 Å². The van der Waals surface area contributed by atoms with Crippen molar-refractivity contribution in [2.45, 2.75) is 6.92 Å². The van der Waals surface area contributed by atoms with Crippen LogP contribution in [0.3, 0.4) is 0 Å². The number of rotatable bonds is 3. The van der Waals surface area contributed by atoms with Crippen molar-refractivity contribution in [3.63, 3.8) is 0 Å². The zero-order valence-corrected chi connectivity index (χ0v) is 11.7. The van der Waals surface area contributed by atoms with Gasteiger partial charge in [-0.3, -0.25) is 10.1 Å². The van der Waals surface area contributed by atoms with E-state index < -0.39 is 11.7 Å². The largest absolute Gasteiger partial charge is 0.403 e. The van der Waals surface area contributed by atoms with Crippen molar-refractivity contribution < 1.29 is 13.6 Å². The molecular weight excluding hydrogens is 285 g/mol. The second-order valence-electron chi connectivity index (χ2n) is 4.74. The lowest BCUT2D eigenvalue weighted by Crippen LogP contribution is -2.12. The number of amides is 1. The molecule has 22 heavy (non-hydrogen) atoms. The summed E-state index contributed by atoms with van der Waals surface area (Å²) in [5.41, 5.74) is 2.14. The van der Waals surface area contributed by atoms with Gasteiger partial charge in [0.1, 0.15) is 5.82 Å². The van der Waals surface area contributed by atoms with E-state index in [1.54, 1.807) is 0 Å². The molecule has 0 atom stereocenters. The molecule has 3 aromatic rings. The lowest BCUT2D eigenvalue weighted by Gasteiger charge is -2.00. The van der Waals surface area contributed by atoms with Gasteiger partial charge in [0.2, 0.25) is 5.89 Å². The standard InChI is InChI=1S/C16H12FN3O2/c1-10-3-2-4-12(9-10)15-19-20-16(22-15)18-14(21)11-5-7-13(17)8-6-11/h2-9H,1H3,(H,18,20,21). The van der Waals surface area contributed by atoms with Crippen molar-refractivity contribution in [2.75, 3.05) is 5.32 Å². The summed E-state index contributed by atoms with van der Waals surface area (Å²) >= 11 is 0. The van der Waals surface area contributed by atoms with Gasteiger partial charge in [0.25, 0.3) is 5.91 Å². The fourth-order valence-electron chi connectivity index (χ4n) is 1.94. The van der Waals surface area contributed by atoms with E-state index in [1.807, 2.05) is 31.2 Å². The highest BCUT2D eigenvalue weighted by molar-refractivity contribution is 6.03. The Kier molecular flexibility index (Phi) is 3.65. The molecule has 3 rings (SSSR count). The number of hydrogen-bond acceptors (Lipinski definition) is 4. The van der Waals surface area contributed by atoms with Gasteiger partial charge < -0.3 is 4.42 Å². The minimum Gasteiger partial charge on any atom is -0.403 e. The molecule has 0 saturated carbocycles. The third-order valence-electron chi connectivity index (χ3n) is 3.02. The van der Waals surface area contributed by atoms with Gasteiger partial charge >= 0.3 is 6.01 Å². The lowest BCUT2D eigenvalue weighted by atomic mass is 10.1. The molecule has 5 nitrogen and oxygen atoms in total. The first-order valence-corrected chi connectivity index (χ1v) is 6.59. The molecule has 0 bridgehead atoms. The summed E-state index contributed by atoms with van der Waals surface area (Å²) in [5, 5.41) is 10.2. The molecule has 0 aliphatic heterocycles. The normalized spacial score (nSPS) is 10.5. The topological polar surface area (TPSA) is 68.0 Å². The molecule has 2 aromatic carbocycles. The number of halogens is 1. The molecule has 0 radical (unpaired) electrons. The Morgan fingerprint density at radius 1 is 1.14 bits per heavy atom. The maximum absolute atomic E-state index is 12.8. The maximum Gasteiger partial charge on any atom is 0.322 e. The van der Waals surface area contributed by atoms with Crippen LogP contribution in [-0.2, 0) is 0 Å². The first-order valence-electron chi connectivity index (χ1n) is 6.59. The van der Waals surface area contributed by atoms with E-state index in [0.29, 0.717) is 11.5 Å². The zero-order valence-electron chi connectivity index (χ0n) is 11.7. The maximum atomic E-state index is 12.8. The smallest absolute Gasteiger partial charge is 0.322 e. The van der Waals surface area contributed by atoms with Gasteiger partial charge in [-0.25, -0.2) is 4.39 Å². The van der Waals surface area contributed by atoms with Crippen LogP contribution >= 0.6 is 0 Å². The van der Waals surface area contributed by atoms with Crippen molar-refractivity contribution in [2.24, 2.45) is 0 Å². The summed E-state index contributed by atoms with van der Waals surface area (Å²) in [6.07, 6.45) is 0. The van der Waals surface area contributed by atoms with Crippen LogP contribution in [0.5, 0.6) is 0 Å². The fourth-order valence-corrected chi connectivity index (χ4v) is 1.94. The Morgan fingerprint density at radius 3 is 2.64 bits per heavy atom. The van der Waals surface area contributed by atoms with Gasteiger partial charge in [0.15, 0.2) is 0 Å². The molecule has 6 heteroatoms. The predicted molar refractivity (Wildman–Crippen MR) is 78.8 cm³/mol. The van der Waals surface area contributed by atoms with Crippen LogP contribution in [0, 0.1) is 12.7 Å². The molecule has 110 valence electrons. The van der Waals surface area contributed by atoms with Crippen LogP contribution in [0.2, 0.25) is 0 Å². The SMILES string of the molecule is Cc1cccc(-c2nnc(NC(=O)c3ccc(F)cc3)o2)c1. The minimum atomic E-state index is -0.445. The van der Waals surface area contributed by atoms with Crippen LogP contribution in [0.1, 0.15) is 15.9 Å². The molecule has 1 heterocycles. The third-order valence-corrected chi connectivity index (χ3v) is 3.02. The van der Waals surface area contributed by atoms with E-state index in [2.05, 4.69) is 15.5 Å². The molecule has 0 saturated heterocycles. The Balaban J connectivity index is 1.77. The van der Waals surface area contributed by atoms with Crippen LogP contribution in [0.25, 0.3) is 11.5 Å². The van der Waals surface area contributed by atoms with E-state index >= 15 is 0 Å². The fraction of sp³-hybridized carbons (Fsp3) is 0.0625. The number of aryl methyl sites for hydroxylation is 1. The van der Waals surface area contributed by atoms with Crippen LogP contribution in [0.4, 0.5) is 10.4 Å². The average molecular weight is 297 g/mol. The molecular formula is C16H12FN3O2. The second-order valence-corrected chi connectivity index (χ2v) is 4.74.